The third kappa shape index (κ3) is 6.03. The predicted molar refractivity (Wildman–Crippen MR) is 87.0 cm³/mol. The lowest BCUT2D eigenvalue weighted by Gasteiger charge is -2.12. The van der Waals surface area contributed by atoms with Crippen molar-refractivity contribution in [3.05, 3.63) is 30.3 Å². The number of hydrogen-bond donors (Lipinski definition) is 3. The van der Waals surface area contributed by atoms with Crippen molar-refractivity contribution in [2.24, 2.45) is 10.9 Å². The van der Waals surface area contributed by atoms with Crippen molar-refractivity contribution < 1.29 is 9.53 Å². The number of rotatable bonds is 8. The van der Waals surface area contributed by atoms with Gasteiger partial charge in [0.1, 0.15) is 12.4 Å². The van der Waals surface area contributed by atoms with Gasteiger partial charge in [0.2, 0.25) is 5.91 Å². The highest BCUT2D eigenvalue weighted by Gasteiger charge is 2.28. The van der Waals surface area contributed by atoms with Crippen LogP contribution in [0.5, 0.6) is 5.75 Å². The minimum Gasteiger partial charge on any atom is -0.492 e. The summed E-state index contributed by atoms with van der Waals surface area (Å²) in [5.41, 5.74) is 0. The zero-order valence-corrected chi connectivity index (χ0v) is 13.0. The number of amides is 1. The topological polar surface area (TPSA) is 74.8 Å². The number of carbonyl (C=O) groups is 1. The fraction of sp³-hybridized carbons (Fsp3) is 0.500. The van der Waals surface area contributed by atoms with Crippen LogP contribution in [0.3, 0.4) is 0 Å². The lowest BCUT2D eigenvalue weighted by Crippen LogP contribution is -2.42. The minimum absolute atomic E-state index is 0.168. The quantitative estimate of drug-likeness (QED) is 0.376. The van der Waals surface area contributed by atoms with E-state index in [1.165, 1.54) is 0 Å². The molecule has 1 aromatic carbocycles. The van der Waals surface area contributed by atoms with Crippen LogP contribution in [0.1, 0.15) is 12.8 Å². The van der Waals surface area contributed by atoms with Gasteiger partial charge in [-0.3, -0.25) is 9.79 Å². The molecule has 120 valence electrons. The summed E-state index contributed by atoms with van der Waals surface area (Å²) in [7, 11) is 1.72. The summed E-state index contributed by atoms with van der Waals surface area (Å²) in [6, 6.07) is 9.70. The third-order valence-electron chi connectivity index (χ3n) is 3.29. The van der Waals surface area contributed by atoms with Gasteiger partial charge in [0.25, 0.3) is 0 Å². The van der Waals surface area contributed by atoms with E-state index < -0.39 is 0 Å². The van der Waals surface area contributed by atoms with Gasteiger partial charge in [-0.05, 0) is 25.0 Å². The van der Waals surface area contributed by atoms with Crippen LogP contribution in [-0.4, -0.2) is 45.2 Å². The van der Waals surface area contributed by atoms with E-state index in [1.807, 2.05) is 30.3 Å². The number of ether oxygens (including phenoxy) is 1. The van der Waals surface area contributed by atoms with Crippen molar-refractivity contribution in [3.8, 4) is 5.75 Å². The standard InChI is InChI=1S/C16H24N4O2/c1-17-16(19-10-9-18-15(21)13-7-8-13)20-11-12-22-14-5-3-2-4-6-14/h2-6,13H,7-12H2,1H3,(H,18,21)(H2,17,19,20). The van der Waals surface area contributed by atoms with E-state index in [-0.39, 0.29) is 11.8 Å². The molecule has 22 heavy (non-hydrogen) atoms. The number of benzene rings is 1. The highest BCUT2D eigenvalue weighted by Crippen LogP contribution is 2.28. The van der Waals surface area contributed by atoms with Crippen molar-refractivity contribution in [1.82, 2.24) is 16.0 Å². The Morgan fingerprint density at radius 3 is 2.50 bits per heavy atom. The monoisotopic (exact) mass is 304 g/mol. The highest BCUT2D eigenvalue weighted by molar-refractivity contribution is 5.81. The Morgan fingerprint density at radius 1 is 1.14 bits per heavy atom. The van der Waals surface area contributed by atoms with Gasteiger partial charge in [0, 0.05) is 26.1 Å². The van der Waals surface area contributed by atoms with Gasteiger partial charge in [-0.2, -0.15) is 0 Å². The average Bonchev–Trinajstić information content (AvgIpc) is 3.39. The number of hydrogen-bond acceptors (Lipinski definition) is 3. The fourth-order valence-electron chi connectivity index (χ4n) is 1.93. The van der Waals surface area contributed by atoms with Crippen molar-refractivity contribution in [1.29, 1.82) is 0 Å². The van der Waals surface area contributed by atoms with Crippen molar-refractivity contribution in [3.63, 3.8) is 0 Å². The van der Waals surface area contributed by atoms with Crippen LogP contribution < -0.4 is 20.7 Å². The second-order valence-corrected chi connectivity index (χ2v) is 5.15. The molecule has 3 N–H and O–H groups in total. The molecule has 1 aromatic rings. The second-order valence-electron chi connectivity index (χ2n) is 5.15. The molecular formula is C16H24N4O2. The first-order chi connectivity index (χ1) is 10.8. The number of guanidine groups is 1. The normalized spacial score (nSPS) is 14.3. The maximum Gasteiger partial charge on any atom is 0.223 e. The molecule has 0 aromatic heterocycles. The van der Waals surface area contributed by atoms with Crippen LogP contribution in [0.15, 0.2) is 35.3 Å². The molecule has 0 spiro atoms. The van der Waals surface area contributed by atoms with Crippen molar-refractivity contribution in [2.75, 3.05) is 33.3 Å². The number of nitrogens with one attached hydrogen (secondary N) is 3. The first-order valence-corrected chi connectivity index (χ1v) is 7.69. The molecule has 1 fully saturated rings. The predicted octanol–water partition coefficient (Wildman–Crippen LogP) is 0.757. The number of aliphatic imine (C=N–C) groups is 1. The third-order valence-corrected chi connectivity index (χ3v) is 3.29. The summed E-state index contributed by atoms with van der Waals surface area (Å²) in [6.45, 7) is 2.47. The Kier molecular flexibility index (Phi) is 6.54. The Balaban J connectivity index is 1.52. The van der Waals surface area contributed by atoms with Gasteiger partial charge in [-0.1, -0.05) is 18.2 Å². The molecule has 0 atom stereocenters. The van der Waals surface area contributed by atoms with Gasteiger partial charge in [0.05, 0.1) is 6.54 Å². The van der Waals surface area contributed by atoms with Crippen LogP contribution in [0, 0.1) is 5.92 Å². The molecule has 1 saturated carbocycles. The van der Waals surface area contributed by atoms with Crippen LogP contribution in [0.4, 0.5) is 0 Å². The molecule has 0 bridgehead atoms. The maximum atomic E-state index is 11.5. The first kappa shape index (κ1) is 16.1. The molecule has 6 heteroatoms. The number of para-hydroxylation sites is 1. The van der Waals surface area contributed by atoms with E-state index in [4.69, 9.17) is 4.74 Å². The lowest BCUT2D eigenvalue weighted by molar-refractivity contribution is -0.122. The van der Waals surface area contributed by atoms with Crippen molar-refractivity contribution >= 4 is 11.9 Å². The minimum atomic E-state index is 0.168. The molecule has 0 aliphatic heterocycles. The van der Waals surface area contributed by atoms with Crippen LogP contribution in [0.2, 0.25) is 0 Å². The Bertz CT molecular complexity index is 486. The summed E-state index contributed by atoms with van der Waals surface area (Å²) < 4.78 is 5.59. The molecule has 0 unspecified atom stereocenters. The second kappa shape index (κ2) is 8.92. The smallest absolute Gasteiger partial charge is 0.223 e. The molecule has 1 aliphatic rings. The Morgan fingerprint density at radius 2 is 1.82 bits per heavy atom. The first-order valence-electron chi connectivity index (χ1n) is 7.69. The summed E-state index contributed by atoms with van der Waals surface area (Å²) >= 11 is 0. The van der Waals surface area contributed by atoms with Crippen LogP contribution >= 0.6 is 0 Å². The summed E-state index contributed by atoms with van der Waals surface area (Å²) in [5.74, 6) is 1.99. The molecule has 0 saturated heterocycles. The van der Waals surface area contributed by atoms with Gasteiger partial charge < -0.3 is 20.7 Å². The number of nitrogens with zero attached hydrogens (tertiary/aromatic N) is 1. The van der Waals surface area contributed by atoms with Crippen LogP contribution in [-0.2, 0) is 4.79 Å². The summed E-state index contributed by atoms with van der Waals surface area (Å²) in [6.07, 6.45) is 2.06. The number of carbonyl (C=O) groups excluding carboxylic acids is 1. The molecule has 0 heterocycles. The highest BCUT2D eigenvalue weighted by atomic mass is 16.5. The van der Waals surface area contributed by atoms with Crippen LogP contribution in [0.25, 0.3) is 0 Å². The van der Waals surface area contributed by atoms with E-state index in [0.29, 0.717) is 32.2 Å². The Hall–Kier alpha value is -2.24. The van der Waals surface area contributed by atoms with E-state index >= 15 is 0 Å². The summed E-state index contributed by atoms with van der Waals surface area (Å²) in [5, 5.41) is 9.22. The van der Waals surface area contributed by atoms with E-state index in [9.17, 15) is 4.79 Å². The zero-order valence-electron chi connectivity index (χ0n) is 13.0. The maximum absolute atomic E-state index is 11.5. The largest absolute Gasteiger partial charge is 0.492 e. The van der Waals surface area contributed by atoms with Gasteiger partial charge in [0.15, 0.2) is 5.96 Å². The molecule has 1 amide bonds. The van der Waals surface area contributed by atoms with Gasteiger partial charge >= 0.3 is 0 Å². The average molecular weight is 304 g/mol. The molecule has 2 rings (SSSR count). The Labute approximate surface area is 131 Å². The molecule has 1 aliphatic carbocycles. The van der Waals surface area contributed by atoms with E-state index in [0.717, 1.165) is 18.6 Å². The lowest BCUT2D eigenvalue weighted by atomic mass is 10.3. The fourth-order valence-corrected chi connectivity index (χ4v) is 1.93. The SMILES string of the molecule is CN=C(NCCNC(=O)C1CC1)NCCOc1ccccc1. The zero-order chi connectivity index (χ0) is 15.6. The van der Waals surface area contributed by atoms with E-state index in [2.05, 4.69) is 20.9 Å². The van der Waals surface area contributed by atoms with Gasteiger partial charge in [-0.15, -0.1) is 0 Å². The van der Waals surface area contributed by atoms with Gasteiger partial charge in [-0.25, -0.2) is 0 Å². The summed E-state index contributed by atoms with van der Waals surface area (Å²) in [4.78, 5) is 15.6. The molecule has 0 radical (unpaired) electrons. The molecular weight excluding hydrogens is 280 g/mol. The van der Waals surface area contributed by atoms with Crippen molar-refractivity contribution in [2.45, 2.75) is 12.8 Å². The van der Waals surface area contributed by atoms with E-state index in [1.54, 1.807) is 7.05 Å². The molecule has 6 nitrogen and oxygen atoms in total.